The molecular weight excluding hydrogens is 190 g/mol. The molecule has 0 aliphatic carbocycles. The lowest BCUT2D eigenvalue weighted by Gasteiger charge is -2.10. The Balaban J connectivity index is 1.91. The summed E-state index contributed by atoms with van der Waals surface area (Å²) in [7, 11) is 0. The summed E-state index contributed by atoms with van der Waals surface area (Å²) < 4.78 is 5.46. The van der Waals surface area contributed by atoms with Crippen molar-refractivity contribution in [1.29, 1.82) is 0 Å². The lowest BCUT2D eigenvalue weighted by atomic mass is 10.4. The molecule has 1 fully saturated rings. The van der Waals surface area contributed by atoms with E-state index in [1.165, 1.54) is 12.8 Å². The van der Waals surface area contributed by atoms with Gasteiger partial charge in [-0.3, -0.25) is 0 Å². The van der Waals surface area contributed by atoms with Crippen molar-refractivity contribution in [3.05, 3.63) is 12.0 Å². The second-order valence-corrected chi connectivity index (χ2v) is 4.35. The molecule has 15 heavy (non-hydrogen) atoms. The lowest BCUT2D eigenvalue weighted by Crippen LogP contribution is -2.22. The van der Waals surface area contributed by atoms with E-state index in [9.17, 15) is 0 Å². The molecule has 4 nitrogen and oxygen atoms in total. The average Bonchev–Trinajstić information content (AvgIpc) is 2.85. The molecule has 0 radical (unpaired) electrons. The third-order valence-corrected chi connectivity index (χ3v) is 2.61. The van der Waals surface area contributed by atoms with E-state index in [0.29, 0.717) is 6.04 Å². The van der Waals surface area contributed by atoms with Crippen molar-refractivity contribution in [2.45, 2.75) is 39.3 Å². The fraction of sp³-hybridized carbons (Fsp3) is 0.727. The van der Waals surface area contributed by atoms with Gasteiger partial charge in [0.05, 0.1) is 5.69 Å². The van der Waals surface area contributed by atoms with Crippen LogP contribution in [0.3, 0.4) is 0 Å². The van der Waals surface area contributed by atoms with Crippen molar-refractivity contribution in [1.82, 2.24) is 10.3 Å². The van der Waals surface area contributed by atoms with Gasteiger partial charge in [-0.25, -0.2) is 0 Å². The Morgan fingerprint density at radius 2 is 2.20 bits per heavy atom. The third kappa shape index (κ3) is 2.72. The van der Waals surface area contributed by atoms with Gasteiger partial charge in [-0.2, -0.15) is 4.98 Å². The highest BCUT2D eigenvalue weighted by Gasteiger charge is 2.16. The van der Waals surface area contributed by atoms with Crippen LogP contribution in [0, 0.1) is 0 Å². The quantitative estimate of drug-likeness (QED) is 0.820. The minimum Gasteiger partial charge on any atom is -0.432 e. The van der Waals surface area contributed by atoms with Crippen LogP contribution in [0.4, 0.5) is 6.01 Å². The number of rotatable bonds is 4. The maximum atomic E-state index is 5.46. The van der Waals surface area contributed by atoms with Crippen LogP contribution in [0.5, 0.6) is 0 Å². The molecule has 1 saturated heterocycles. The van der Waals surface area contributed by atoms with Crippen LogP contribution in [0.15, 0.2) is 10.7 Å². The highest BCUT2D eigenvalue weighted by Crippen LogP contribution is 2.18. The Morgan fingerprint density at radius 1 is 1.47 bits per heavy atom. The van der Waals surface area contributed by atoms with Crippen LogP contribution < -0.4 is 10.2 Å². The second-order valence-electron chi connectivity index (χ2n) is 4.35. The highest BCUT2D eigenvalue weighted by molar-refractivity contribution is 5.28. The van der Waals surface area contributed by atoms with Gasteiger partial charge in [0.2, 0.25) is 0 Å². The molecule has 1 aliphatic rings. The Bertz CT molecular complexity index is 303. The predicted molar refractivity (Wildman–Crippen MR) is 59.9 cm³/mol. The van der Waals surface area contributed by atoms with Gasteiger partial charge in [-0.05, 0) is 12.8 Å². The Hall–Kier alpha value is -1.03. The zero-order valence-electron chi connectivity index (χ0n) is 9.49. The molecule has 2 rings (SSSR count). The van der Waals surface area contributed by atoms with Crippen LogP contribution in [0.2, 0.25) is 0 Å². The molecule has 0 aromatic carbocycles. The molecule has 0 unspecified atom stereocenters. The molecule has 1 aliphatic heterocycles. The van der Waals surface area contributed by atoms with Crippen LogP contribution in [-0.2, 0) is 6.54 Å². The monoisotopic (exact) mass is 209 g/mol. The van der Waals surface area contributed by atoms with Gasteiger partial charge < -0.3 is 14.6 Å². The van der Waals surface area contributed by atoms with Gasteiger partial charge in [-0.15, -0.1) is 0 Å². The summed E-state index contributed by atoms with van der Waals surface area (Å²) in [5.41, 5.74) is 0.991. The minimum absolute atomic E-state index is 0.483. The SMILES string of the molecule is CC(C)NCc1coc(N2CCCC2)n1. The molecule has 4 heteroatoms. The average molecular weight is 209 g/mol. The maximum Gasteiger partial charge on any atom is 0.297 e. The van der Waals surface area contributed by atoms with Gasteiger partial charge >= 0.3 is 0 Å². The second kappa shape index (κ2) is 4.66. The van der Waals surface area contributed by atoms with Crippen LogP contribution in [0.25, 0.3) is 0 Å². The Labute approximate surface area is 90.7 Å². The molecule has 2 heterocycles. The number of nitrogens with zero attached hydrogens (tertiary/aromatic N) is 2. The van der Waals surface area contributed by atoms with Crippen molar-refractivity contribution >= 4 is 6.01 Å². The van der Waals surface area contributed by atoms with E-state index in [1.807, 2.05) is 0 Å². The van der Waals surface area contributed by atoms with Crippen LogP contribution in [0.1, 0.15) is 32.4 Å². The van der Waals surface area contributed by atoms with E-state index in [4.69, 9.17) is 4.42 Å². The summed E-state index contributed by atoms with van der Waals surface area (Å²) in [5.74, 6) is 0. The normalized spacial score (nSPS) is 16.6. The zero-order valence-corrected chi connectivity index (χ0v) is 9.49. The van der Waals surface area contributed by atoms with Gasteiger partial charge in [0, 0.05) is 25.7 Å². The molecule has 84 valence electrons. The maximum absolute atomic E-state index is 5.46. The van der Waals surface area contributed by atoms with Crippen molar-refractivity contribution < 1.29 is 4.42 Å². The molecule has 0 amide bonds. The summed E-state index contributed by atoms with van der Waals surface area (Å²) in [6.45, 7) is 7.20. The first-order chi connectivity index (χ1) is 7.25. The number of hydrogen-bond donors (Lipinski definition) is 1. The third-order valence-electron chi connectivity index (χ3n) is 2.61. The van der Waals surface area contributed by atoms with Gasteiger partial charge in [0.25, 0.3) is 6.01 Å². The summed E-state index contributed by atoms with van der Waals surface area (Å²) in [6, 6.07) is 1.27. The van der Waals surface area contributed by atoms with Gasteiger partial charge in [0.15, 0.2) is 0 Å². The molecule has 0 bridgehead atoms. The van der Waals surface area contributed by atoms with Crippen LogP contribution in [-0.4, -0.2) is 24.1 Å². The number of nitrogens with one attached hydrogen (secondary N) is 1. The van der Waals surface area contributed by atoms with E-state index < -0.39 is 0 Å². The standard InChI is InChI=1S/C11H19N3O/c1-9(2)12-7-10-8-15-11(13-10)14-5-3-4-6-14/h8-9,12H,3-7H2,1-2H3. The molecular formula is C11H19N3O. The Morgan fingerprint density at radius 3 is 2.87 bits per heavy atom. The summed E-state index contributed by atoms with van der Waals surface area (Å²) >= 11 is 0. The number of hydrogen-bond acceptors (Lipinski definition) is 4. The Kier molecular flexibility index (Phi) is 3.26. The first kappa shape index (κ1) is 10.5. The topological polar surface area (TPSA) is 41.3 Å². The zero-order chi connectivity index (χ0) is 10.7. The smallest absolute Gasteiger partial charge is 0.297 e. The van der Waals surface area contributed by atoms with E-state index in [-0.39, 0.29) is 0 Å². The molecule has 1 N–H and O–H groups in total. The summed E-state index contributed by atoms with van der Waals surface area (Å²) in [4.78, 5) is 6.67. The highest BCUT2D eigenvalue weighted by atomic mass is 16.4. The summed E-state index contributed by atoms with van der Waals surface area (Å²) in [6.07, 6.45) is 4.26. The van der Waals surface area contributed by atoms with Crippen molar-refractivity contribution in [2.24, 2.45) is 0 Å². The van der Waals surface area contributed by atoms with E-state index in [2.05, 4.69) is 29.0 Å². The van der Waals surface area contributed by atoms with Crippen molar-refractivity contribution in [3.63, 3.8) is 0 Å². The van der Waals surface area contributed by atoms with E-state index >= 15 is 0 Å². The van der Waals surface area contributed by atoms with Crippen LogP contribution >= 0.6 is 0 Å². The fourth-order valence-corrected chi connectivity index (χ4v) is 1.74. The van der Waals surface area contributed by atoms with Crippen molar-refractivity contribution in [3.8, 4) is 0 Å². The molecule has 0 spiro atoms. The predicted octanol–water partition coefficient (Wildman–Crippen LogP) is 1.77. The molecule has 0 saturated carbocycles. The summed E-state index contributed by atoms with van der Waals surface area (Å²) in [5, 5.41) is 3.32. The van der Waals surface area contributed by atoms with E-state index in [1.54, 1.807) is 6.26 Å². The number of oxazole rings is 1. The number of anilines is 1. The largest absolute Gasteiger partial charge is 0.432 e. The lowest BCUT2D eigenvalue weighted by molar-refractivity contribution is 0.541. The van der Waals surface area contributed by atoms with Crippen molar-refractivity contribution in [2.75, 3.05) is 18.0 Å². The number of aromatic nitrogens is 1. The molecule has 1 aromatic rings. The van der Waals surface area contributed by atoms with Gasteiger partial charge in [-0.1, -0.05) is 13.8 Å². The first-order valence-electron chi connectivity index (χ1n) is 5.68. The fourth-order valence-electron chi connectivity index (χ4n) is 1.74. The first-order valence-corrected chi connectivity index (χ1v) is 5.68. The van der Waals surface area contributed by atoms with E-state index in [0.717, 1.165) is 31.3 Å². The molecule has 0 atom stereocenters. The van der Waals surface area contributed by atoms with Gasteiger partial charge in [0.1, 0.15) is 6.26 Å². The minimum atomic E-state index is 0.483. The molecule has 1 aromatic heterocycles.